The number of ether oxygens (including phenoxy) is 1. The van der Waals surface area contributed by atoms with Crippen LogP contribution in [0.15, 0.2) is 16.5 Å². The molecule has 0 saturated heterocycles. The van der Waals surface area contributed by atoms with Gasteiger partial charge in [0.2, 0.25) is 0 Å². The van der Waals surface area contributed by atoms with Gasteiger partial charge in [-0.05, 0) is 19.8 Å². The molecule has 1 aliphatic heterocycles. The van der Waals surface area contributed by atoms with Crippen LogP contribution in [0.1, 0.15) is 39.5 Å². The average molecular weight is 265 g/mol. The standard InChI is InChI=1S/C14H19NO4/c1-4-6-8-11-13(16)12(14(17)19-11)10(3)15-18-9-7-5-2/h2,11,16H,4,6-9H2,1,3H3/b15-10+. The summed E-state index contributed by atoms with van der Waals surface area (Å²) < 4.78 is 5.11. The van der Waals surface area contributed by atoms with Crippen LogP contribution in [-0.4, -0.2) is 29.5 Å². The summed E-state index contributed by atoms with van der Waals surface area (Å²) in [5.41, 5.74) is 0.403. The Hall–Kier alpha value is -1.96. The van der Waals surface area contributed by atoms with E-state index in [1.807, 2.05) is 6.92 Å². The lowest BCUT2D eigenvalue weighted by atomic mass is 10.1. The van der Waals surface area contributed by atoms with Crippen molar-refractivity contribution in [3.8, 4) is 12.3 Å². The van der Waals surface area contributed by atoms with Crippen LogP contribution in [0.4, 0.5) is 0 Å². The van der Waals surface area contributed by atoms with Crippen LogP contribution in [0.25, 0.3) is 0 Å². The van der Waals surface area contributed by atoms with Crippen LogP contribution >= 0.6 is 0 Å². The van der Waals surface area contributed by atoms with Crippen LogP contribution in [0.2, 0.25) is 0 Å². The monoisotopic (exact) mass is 265 g/mol. The summed E-state index contributed by atoms with van der Waals surface area (Å²) in [5.74, 6) is 1.80. The molecule has 0 saturated carbocycles. The van der Waals surface area contributed by atoms with E-state index in [-0.39, 0.29) is 17.9 Å². The van der Waals surface area contributed by atoms with Gasteiger partial charge in [0, 0.05) is 6.42 Å². The Morgan fingerprint density at radius 3 is 3.00 bits per heavy atom. The summed E-state index contributed by atoms with van der Waals surface area (Å²) in [5, 5.41) is 13.7. The summed E-state index contributed by atoms with van der Waals surface area (Å²) in [6.45, 7) is 3.89. The third-order valence-corrected chi connectivity index (χ3v) is 2.74. The number of carbonyl (C=O) groups is 1. The number of unbranched alkanes of at least 4 members (excludes halogenated alkanes) is 1. The maximum atomic E-state index is 11.7. The summed E-state index contributed by atoms with van der Waals surface area (Å²) in [7, 11) is 0. The van der Waals surface area contributed by atoms with E-state index in [1.165, 1.54) is 0 Å². The molecule has 1 unspecified atom stereocenters. The van der Waals surface area contributed by atoms with Gasteiger partial charge in [-0.1, -0.05) is 18.5 Å². The Balaban J connectivity index is 2.71. The molecule has 0 aliphatic carbocycles. The fourth-order valence-electron chi connectivity index (χ4n) is 1.72. The quantitative estimate of drug-likeness (QED) is 0.252. The van der Waals surface area contributed by atoms with Gasteiger partial charge in [0.25, 0.3) is 0 Å². The molecule has 19 heavy (non-hydrogen) atoms. The number of aliphatic hydroxyl groups is 1. The number of carbonyl (C=O) groups excluding carboxylic acids is 1. The molecule has 0 radical (unpaired) electrons. The molecule has 0 aromatic heterocycles. The fraction of sp³-hybridized carbons (Fsp3) is 0.571. The first kappa shape index (κ1) is 15.1. The number of cyclic esters (lactones) is 1. The third-order valence-electron chi connectivity index (χ3n) is 2.74. The summed E-state index contributed by atoms with van der Waals surface area (Å²) in [6, 6.07) is 0. The van der Waals surface area contributed by atoms with Crippen molar-refractivity contribution in [1.82, 2.24) is 0 Å². The largest absolute Gasteiger partial charge is 0.507 e. The molecular weight excluding hydrogens is 246 g/mol. The molecule has 1 aliphatic rings. The van der Waals surface area contributed by atoms with Crippen molar-refractivity contribution in [1.29, 1.82) is 0 Å². The first-order valence-electron chi connectivity index (χ1n) is 6.36. The fourth-order valence-corrected chi connectivity index (χ4v) is 1.72. The number of rotatable bonds is 7. The van der Waals surface area contributed by atoms with E-state index in [0.29, 0.717) is 18.6 Å². The second-order valence-corrected chi connectivity index (χ2v) is 4.26. The second kappa shape index (κ2) is 7.47. The summed E-state index contributed by atoms with van der Waals surface area (Å²) in [6.07, 6.45) is 7.42. The average Bonchev–Trinajstić information content (AvgIpc) is 2.67. The van der Waals surface area contributed by atoms with E-state index in [0.717, 1.165) is 12.8 Å². The molecule has 1 heterocycles. The van der Waals surface area contributed by atoms with E-state index in [9.17, 15) is 9.90 Å². The molecule has 0 amide bonds. The Labute approximate surface area is 113 Å². The number of hydrogen-bond donors (Lipinski definition) is 1. The van der Waals surface area contributed by atoms with Crippen LogP contribution in [0.5, 0.6) is 0 Å². The highest BCUT2D eigenvalue weighted by molar-refractivity contribution is 6.20. The molecular formula is C14H19NO4. The minimum atomic E-state index is -0.557. The molecule has 104 valence electrons. The zero-order chi connectivity index (χ0) is 14.3. The van der Waals surface area contributed by atoms with Gasteiger partial charge in [0.1, 0.15) is 17.9 Å². The predicted molar refractivity (Wildman–Crippen MR) is 71.6 cm³/mol. The first-order valence-corrected chi connectivity index (χ1v) is 6.36. The predicted octanol–water partition coefficient (Wildman–Crippen LogP) is 2.33. The van der Waals surface area contributed by atoms with Crippen molar-refractivity contribution >= 4 is 11.7 Å². The smallest absolute Gasteiger partial charge is 0.344 e. The van der Waals surface area contributed by atoms with E-state index in [1.54, 1.807) is 6.92 Å². The second-order valence-electron chi connectivity index (χ2n) is 4.26. The molecule has 5 nitrogen and oxygen atoms in total. The Kier molecular flexibility index (Phi) is 5.94. The molecule has 1 N–H and O–H groups in total. The van der Waals surface area contributed by atoms with E-state index in [2.05, 4.69) is 11.1 Å². The summed E-state index contributed by atoms with van der Waals surface area (Å²) in [4.78, 5) is 16.6. The van der Waals surface area contributed by atoms with Gasteiger partial charge in [0.15, 0.2) is 6.10 Å². The van der Waals surface area contributed by atoms with Crippen molar-refractivity contribution in [3.63, 3.8) is 0 Å². The Morgan fingerprint density at radius 1 is 1.63 bits per heavy atom. The molecule has 5 heteroatoms. The van der Waals surface area contributed by atoms with Crippen molar-refractivity contribution in [2.24, 2.45) is 5.16 Å². The van der Waals surface area contributed by atoms with E-state index >= 15 is 0 Å². The minimum absolute atomic E-state index is 0.0553. The van der Waals surface area contributed by atoms with Crippen LogP contribution in [0.3, 0.4) is 0 Å². The number of hydrogen-bond acceptors (Lipinski definition) is 5. The number of terminal acetylenes is 1. The maximum Gasteiger partial charge on any atom is 0.344 e. The maximum absolute atomic E-state index is 11.7. The number of nitrogens with zero attached hydrogens (tertiary/aromatic N) is 1. The van der Waals surface area contributed by atoms with Gasteiger partial charge in [0.05, 0.1) is 5.71 Å². The van der Waals surface area contributed by atoms with Gasteiger partial charge < -0.3 is 14.7 Å². The molecule has 0 aromatic carbocycles. The normalized spacial score (nSPS) is 19.3. The first-order chi connectivity index (χ1) is 9.11. The van der Waals surface area contributed by atoms with Crippen LogP contribution in [-0.2, 0) is 14.4 Å². The topological polar surface area (TPSA) is 68.1 Å². The number of oxime groups is 1. The van der Waals surface area contributed by atoms with Gasteiger partial charge >= 0.3 is 5.97 Å². The zero-order valence-corrected chi connectivity index (χ0v) is 11.3. The molecule has 0 fully saturated rings. The highest BCUT2D eigenvalue weighted by Crippen LogP contribution is 2.25. The highest BCUT2D eigenvalue weighted by Gasteiger charge is 2.35. The molecule has 0 spiro atoms. The number of esters is 1. The molecule has 1 atom stereocenters. The van der Waals surface area contributed by atoms with Crippen molar-refractivity contribution in [2.45, 2.75) is 45.6 Å². The van der Waals surface area contributed by atoms with Gasteiger partial charge in [-0.2, -0.15) is 0 Å². The van der Waals surface area contributed by atoms with Gasteiger partial charge in [-0.15, -0.1) is 12.3 Å². The SMILES string of the molecule is C#CCCO/N=C(\C)C1=C(O)C(CCCC)OC1=O. The van der Waals surface area contributed by atoms with Crippen molar-refractivity contribution < 1.29 is 19.5 Å². The van der Waals surface area contributed by atoms with Crippen molar-refractivity contribution in [3.05, 3.63) is 11.3 Å². The molecule has 1 rings (SSSR count). The van der Waals surface area contributed by atoms with Crippen molar-refractivity contribution in [2.75, 3.05) is 6.61 Å². The minimum Gasteiger partial charge on any atom is -0.507 e. The molecule has 0 aromatic rings. The Morgan fingerprint density at radius 2 is 2.37 bits per heavy atom. The van der Waals surface area contributed by atoms with E-state index < -0.39 is 12.1 Å². The van der Waals surface area contributed by atoms with Gasteiger partial charge in [-0.25, -0.2) is 4.79 Å². The Bertz CT molecular complexity index is 431. The lowest BCUT2D eigenvalue weighted by Gasteiger charge is -2.08. The van der Waals surface area contributed by atoms with Crippen LogP contribution < -0.4 is 0 Å². The lowest BCUT2D eigenvalue weighted by Crippen LogP contribution is -2.11. The zero-order valence-electron chi connectivity index (χ0n) is 11.3. The number of aliphatic hydroxyl groups excluding tert-OH is 1. The van der Waals surface area contributed by atoms with Crippen LogP contribution in [0, 0.1) is 12.3 Å². The lowest BCUT2D eigenvalue weighted by molar-refractivity contribution is -0.140. The van der Waals surface area contributed by atoms with E-state index in [4.69, 9.17) is 16.0 Å². The molecule has 0 bridgehead atoms. The van der Waals surface area contributed by atoms with Gasteiger partial charge in [-0.3, -0.25) is 0 Å². The third kappa shape index (κ3) is 4.02. The highest BCUT2D eigenvalue weighted by atomic mass is 16.6. The summed E-state index contributed by atoms with van der Waals surface area (Å²) >= 11 is 0.